The summed E-state index contributed by atoms with van der Waals surface area (Å²) in [7, 11) is 0. The molecular formula is C97H163NO18. The molecule has 0 spiro atoms. The van der Waals surface area contributed by atoms with Crippen molar-refractivity contribution >= 4 is 5.91 Å². The number of allylic oxidation sites excluding steroid dienone is 25. The minimum atomic E-state index is -1.99. The van der Waals surface area contributed by atoms with Gasteiger partial charge in [0.2, 0.25) is 5.91 Å². The summed E-state index contributed by atoms with van der Waals surface area (Å²) in [5, 5.41) is 121. The Morgan fingerprint density at radius 2 is 0.595 bits per heavy atom. The molecule has 1 amide bonds. The van der Waals surface area contributed by atoms with Crippen molar-refractivity contribution in [2.75, 3.05) is 26.4 Å². The zero-order chi connectivity index (χ0) is 83.8. The fourth-order valence-corrected chi connectivity index (χ4v) is 14.4. The van der Waals surface area contributed by atoms with E-state index in [-0.39, 0.29) is 18.9 Å². The van der Waals surface area contributed by atoms with E-state index < -0.39 is 124 Å². The molecule has 0 aromatic carbocycles. The third-order valence-corrected chi connectivity index (χ3v) is 21.6. The number of hydrogen-bond donors (Lipinski definition) is 12. The molecule has 116 heavy (non-hydrogen) atoms. The van der Waals surface area contributed by atoms with E-state index in [0.29, 0.717) is 6.42 Å². The Morgan fingerprint density at radius 1 is 0.319 bits per heavy atom. The lowest BCUT2D eigenvalue weighted by atomic mass is 9.96. The highest BCUT2D eigenvalue weighted by atomic mass is 16.8. The SMILES string of the molecule is CC/C=C\C/C=C\C/C=C\C/C=C\C/C=C\C/C=C\C/C=C\C/C=C\C/C=C\C/C=C\C/C=C\C/C=C\CCCCCCC(=O)NC(COC1OC(CO)C(OC2OC(CO)C(OC3OC(CO)C(O)C(O)C3O)C(O)C2O)C(O)C1O)C(O)/C=C/CCCCCCCCCCCCCCCCCCCCCCCCCCCCCC. The fourth-order valence-electron chi connectivity index (χ4n) is 14.4. The molecule has 3 saturated heterocycles. The van der Waals surface area contributed by atoms with E-state index in [9.17, 15) is 61.0 Å². The largest absolute Gasteiger partial charge is 0.394 e. The van der Waals surface area contributed by atoms with E-state index in [4.69, 9.17) is 28.4 Å². The van der Waals surface area contributed by atoms with Crippen molar-refractivity contribution in [1.82, 2.24) is 5.32 Å². The predicted molar refractivity (Wildman–Crippen MR) is 470 cm³/mol. The van der Waals surface area contributed by atoms with Crippen molar-refractivity contribution < 1.29 is 89.4 Å². The Hall–Kier alpha value is -4.59. The van der Waals surface area contributed by atoms with Gasteiger partial charge in [-0.25, -0.2) is 0 Å². The molecule has 3 heterocycles. The van der Waals surface area contributed by atoms with Gasteiger partial charge in [0.15, 0.2) is 18.9 Å². The molecule has 3 aliphatic rings. The summed E-state index contributed by atoms with van der Waals surface area (Å²) >= 11 is 0. The van der Waals surface area contributed by atoms with Crippen molar-refractivity contribution in [1.29, 1.82) is 0 Å². The summed E-state index contributed by atoms with van der Waals surface area (Å²) in [6.07, 6.45) is 83.8. The van der Waals surface area contributed by atoms with Gasteiger partial charge in [-0.1, -0.05) is 358 Å². The van der Waals surface area contributed by atoms with E-state index in [2.05, 4.69) is 165 Å². The first-order chi connectivity index (χ1) is 56.8. The predicted octanol–water partition coefficient (Wildman–Crippen LogP) is 17.9. The molecule has 3 fully saturated rings. The van der Waals surface area contributed by atoms with E-state index in [1.807, 2.05) is 6.08 Å². The molecule has 19 nitrogen and oxygen atoms in total. The molecule has 0 bridgehead atoms. The summed E-state index contributed by atoms with van der Waals surface area (Å²) in [4.78, 5) is 13.5. The maximum Gasteiger partial charge on any atom is 0.220 e. The maximum absolute atomic E-state index is 13.5. The van der Waals surface area contributed by atoms with Crippen LogP contribution >= 0.6 is 0 Å². The van der Waals surface area contributed by atoms with Gasteiger partial charge in [-0.3, -0.25) is 4.79 Å². The number of unbranched alkanes of at least 4 members (excludes halogenated alkanes) is 32. The van der Waals surface area contributed by atoms with Gasteiger partial charge in [-0.05, 0) is 109 Å². The maximum atomic E-state index is 13.5. The van der Waals surface area contributed by atoms with E-state index in [1.54, 1.807) is 6.08 Å². The van der Waals surface area contributed by atoms with Crippen LogP contribution in [0.2, 0.25) is 0 Å². The second-order valence-corrected chi connectivity index (χ2v) is 31.7. The Bertz CT molecular complexity index is 2720. The van der Waals surface area contributed by atoms with Crippen molar-refractivity contribution in [2.24, 2.45) is 0 Å². The van der Waals surface area contributed by atoms with Gasteiger partial charge < -0.3 is 89.9 Å². The lowest BCUT2D eigenvalue weighted by Crippen LogP contribution is -2.66. The smallest absolute Gasteiger partial charge is 0.220 e. The first kappa shape index (κ1) is 106. The van der Waals surface area contributed by atoms with Gasteiger partial charge in [-0.15, -0.1) is 0 Å². The fraction of sp³-hybridized carbons (Fsp3) is 0.722. The number of ether oxygens (including phenoxy) is 6. The molecule has 3 rings (SSSR count). The Balaban J connectivity index is 1.35. The number of rotatable bonds is 72. The van der Waals surface area contributed by atoms with Crippen LogP contribution in [0.5, 0.6) is 0 Å². The zero-order valence-corrected chi connectivity index (χ0v) is 71.7. The van der Waals surface area contributed by atoms with Crippen molar-refractivity contribution in [3.05, 3.63) is 158 Å². The van der Waals surface area contributed by atoms with Gasteiger partial charge in [-0.2, -0.15) is 0 Å². The second kappa shape index (κ2) is 74.3. The standard InChI is InChI=1S/C97H163NO18/c1-3-5-7-9-11-13-15-17-19-21-23-25-27-29-31-33-35-36-37-38-39-40-41-42-43-44-45-47-49-51-53-55-57-59-61-63-65-67-69-71-73-75-85(103)98-80(81(102)74-72-70-68-66-64-62-60-58-56-54-52-50-48-46-34-32-30-28-26-24-22-20-18-16-14-12-10-8-6-4-2)79-111-95-91(109)88(106)93(83(77-100)113-95)116-97-92(110)89(107)94(84(78-101)114-97)115-96-90(108)87(105)86(104)82(76-99)112-96/h5,7,11,13,17,19,23,25,29,31,35-36,38-39,41-42,44-45,49,51,55,57,61,63,72,74,80-84,86-97,99-102,104-110H,3-4,6,8-10,12,14-16,18,20-22,24,26-28,30,32-34,37,40,43,46-48,50,52-54,56,58-60,62,64-71,73,75-79H2,1-2H3,(H,98,103)/b7-5-,13-11-,19-17-,25-23-,31-29-,36-35-,39-38-,42-41-,45-44-,51-49-,57-55-,63-61-,74-72+. The highest BCUT2D eigenvalue weighted by molar-refractivity contribution is 5.76. The number of aliphatic hydroxyl groups is 11. The minimum absolute atomic E-state index is 0.204. The molecule has 0 radical (unpaired) electrons. The van der Waals surface area contributed by atoms with Gasteiger partial charge in [0.1, 0.15) is 73.2 Å². The van der Waals surface area contributed by atoms with Crippen LogP contribution in [0.1, 0.15) is 316 Å². The quantitative estimate of drug-likeness (QED) is 0.0199. The first-order valence-electron chi connectivity index (χ1n) is 45.7. The van der Waals surface area contributed by atoms with E-state index >= 15 is 0 Å². The van der Waals surface area contributed by atoms with Gasteiger partial charge in [0.05, 0.1) is 38.6 Å². The van der Waals surface area contributed by atoms with Gasteiger partial charge in [0, 0.05) is 6.42 Å². The molecule has 19 heteroatoms. The summed E-state index contributed by atoms with van der Waals surface area (Å²) in [6.45, 7) is 1.63. The molecule has 12 N–H and O–H groups in total. The number of hydrogen-bond acceptors (Lipinski definition) is 18. The van der Waals surface area contributed by atoms with Crippen molar-refractivity contribution in [3.63, 3.8) is 0 Å². The highest BCUT2D eigenvalue weighted by Crippen LogP contribution is 2.33. The van der Waals surface area contributed by atoms with Gasteiger partial charge in [0.25, 0.3) is 0 Å². The highest BCUT2D eigenvalue weighted by Gasteiger charge is 2.54. The minimum Gasteiger partial charge on any atom is -0.394 e. The van der Waals surface area contributed by atoms with Crippen LogP contribution in [-0.2, 0) is 33.2 Å². The Labute approximate surface area is 701 Å². The third kappa shape index (κ3) is 51.9. The number of carbonyl (C=O) groups is 1. The van der Waals surface area contributed by atoms with E-state index in [1.165, 1.54) is 161 Å². The first-order valence-corrected chi connectivity index (χ1v) is 45.7. The normalized spacial score (nSPS) is 25.3. The molecule has 17 atom stereocenters. The lowest BCUT2D eigenvalue weighted by molar-refractivity contribution is -0.379. The van der Waals surface area contributed by atoms with Crippen LogP contribution in [0.4, 0.5) is 0 Å². The topological polar surface area (TPSA) is 307 Å². The summed E-state index contributed by atoms with van der Waals surface area (Å²) in [6, 6.07) is -1.00. The number of aliphatic hydroxyl groups excluding tert-OH is 11. The lowest BCUT2D eigenvalue weighted by Gasteiger charge is -2.48. The zero-order valence-electron chi connectivity index (χ0n) is 71.7. The average molecular weight is 1630 g/mol. The molecule has 17 unspecified atom stereocenters. The monoisotopic (exact) mass is 1630 g/mol. The van der Waals surface area contributed by atoms with Crippen LogP contribution < -0.4 is 5.32 Å². The molecule has 0 aromatic rings. The van der Waals surface area contributed by atoms with Gasteiger partial charge >= 0.3 is 0 Å². The van der Waals surface area contributed by atoms with Crippen LogP contribution in [0.25, 0.3) is 0 Å². The molecular weight excluding hydrogens is 1470 g/mol. The third-order valence-electron chi connectivity index (χ3n) is 21.6. The van der Waals surface area contributed by atoms with Crippen LogP contribution in [0.15, 0.2) is 158 Å². The Kier molecular flexibility index (Phi) is 67.6. The molecule has 3 aliphatic heterocycles. The van der Waals surface area contributed by atoms with Crippen molar-refractivity contribution in [2.45, 2.75) is 420 Å². The van der Waals surface area contributed by atoms with Crippen LogP contribution in [0.3, 0.4) is 0 Å². The summed E-state index contributed by atoms with van der Waals surface area (Å²) < 4.78 is 34.5. The average Bonchev–Trinajstić information content (AvgIpc) is 0.783. The molecule has 0 saturated carbocycles. The number of amides is 1. The van der Waals surface area contributed by atoms with Crippen LogP contribution in [-0.4, -0.2) is 193 Å². The molecule has 0 aliphatic carbocycles. The number of nitrogens with one attached hydrogen (secondary N) is 1. The number of carbonyl (C=O) groups excluding carboxylic acids is 1. The molecule has 0 aromatic heterocycles. The summed E-state index contributed by atoms with van der Waals surface area (Å²) in [5.74, 6) is -0.303. The Morgan fingerprint density at radius 3 is 0.931 bits per heavy atom. The molecule has 664 valence electrons. The van der Waals surface area contributed by atoms with E-state index in [0.717, 1.165) is 128 Å². The summed E-state index contributed by atoms with van der Waals surface area (Å²) in [5.41, 5.74) is 0. The van der Waals surface area contributed by atoms with Crippen LogP contribution in [0, 0.1) is 0 Å². The second-order valence-electron chi connectivity index (χ2n) is 31.7. The van der Waals surface area contributed by atoms with Crippen molar-refractivity contribution in [3.8, 4) is 0 Å².